The molecule has 0 aliphatic heterocycles. The van der Waals surface area contributed by atoms with Gasteiger partial charge in [0.25, 0.3) is 0 Å². The van der Waals surface area contributed by atoms with E-state index in [1.807, 2.05) is 44.2 Å². The molecule has 4 rings (SSSR count). The fraction of sp³-hybridized carbons (Fsp3) is 0.318. The number of anilines is 3. The molecule has 5 nitrogen and oxygen atoms in total. The van der Waals surface area contributed by atoms with Crippen molar-refractivity contribution in [3.05, 3.63) is 58.9 Å². The van der Waals surface area contributed by atoms with Crippen molar-refractivity contribution in [2.45, 2.75) is 45.6 Å². The maximum absolute atomic E-state index is 6.18. The van der Waals surface area contributed by atoms with Gasteiger partial charge in [-0.3, -0.25) is 4.98 Å². The van der Waals surface area contributed by atoms with Crippen LogP contribution in [0.4, 0.5) is 17.5 Å². The zero-order chi connectivity index (χ0) is 19.5. The van der Waals surface area contributed by atoms with Crippen molar-refractivity contribution in [2.75, 3.05) is 10.6 Å². The summed E-state index contributed by atoms with van der Waals surface area (Å²) in [6.45, 7) is 4.09. The minimum atomic E-state index is 0.444. The summed E-state index contributed by atoms with van der Waals surface area (Å²) < 4.78 is 0. The highest BCUT2D eigenvalue weighted by Gasteiger charge is 2.17. The molecule has 2 heterocycles. The fourth-order valence-electron chi connectivity index (χ4n) is 3.74. The topological polar surface area (TPSA) is 62.7 Å². The lowest BCUT2D eigenvalue weighted by molar-refractivity contribution is 0.744. The zero-order valence-corrected chi connectivity index (χ0v) is 16.9. The molecular formula is C22H24ClN5. The van der Waals surface area contributed by atoms with Gasteiger partial charge in [-0.2, -0.15) is 4.98 Å². The third-order valence-electron chi connectivity index (χ3n) is 5.14. The number of hydrogen-bond donors (Lipinski definition) is 2. The van der Waals surface area contributed by atoms with Gasteiger partial charge in [-0.15, -0.1) is 0 Å². The fourth-order valence-corrected chi connectivity index (χ4v) is 4.06. The van der Waals surface area contributed by atoms with E-state index >= 15 is 0 Å². The Balaban J connectivity index is 1.71. The summed E-state index contributed by atoms with van der Waals surface area (Å²) in [5.41, 5.74) is 5.07. The molecule has 0 amide bonds. The minimum Gasteiger partial charge on any atom is -0.351 e. The molecule has 0 spiro atoms. The number of pyridine rings is 1. The number of nitrogens with one attached hydrogen (secondary N) is 2. The highest BCUT2D eigenvalue weighted by molar-refractivity contribution is 6.30. The Morgan fingerprint density at radius 3 is 2.32 bits per heavy atom. The van der Waals surface area contributed by atoms with Gasteiger partial charge in [0.2, 0.25) is 5.95 Å². The van der Waals surface area contributed by atoms with Crippen LogP contribution in [-0.2, 0) is 0 Å². The van der Waals surface area contributed by atoms with Gasteiger partial charge in [-0.05, 0) is 62.1 Å². The molecule has 0 saturated heterocycles. The number of rotatable bonds is 5. The molecule has 3 aromatic rings. The van der Waals surface area contributed by atoms with Gasteiger partial charge in [0.15, 0.2) is 0 Å². The molecule has 1 aliphatic rings. The molecule has 2 N–H and O–H groups in total. The van der Waals surface area contributed by atoms with Crippen LogP contribution in [0, 0.1) is 13.8 Å². The summed E-state index contributed by atoms with van der Waals surface area (Å²) in [5, 5.41) is 7.73. The van der Waals surface area contributed by atoms with Crippen molar-refractivity contribution in [3.8, 4) is 11.3 Å². The van der Waals surface area contributed by atoms with Crippen molar-refractivity contribution in [1.82, 2.24) is 15.0 Å². The van der Waals surface area contributed by atoms with Gasteiger partial charge < -0.3 is 10.6 Å². The average Bonchev–Trinajstić information content (AvgIpc) is 3.18. The van der Waals surface area contributed by atoms with Crippen molar-refractivity contribution < 1.29 is 0 Å². The Bertz CT molecular complexity index is 945. The van der Waals surface area contributed by atoms with Crippen LogP contribution in [0.15, 0.2) is 42.7 Å². The van der Waals surface area contributed by atoms with E-state index < -0.39 is 0 Å². The van der Waals surface area contributed by atoms with Crippen molar-refractivity contribution in [3.63, 3.8) is 0 Å². The number of halogens is 1. The van der Waals surface area contributed by atoms with Gasteiger partial charge in [0.05, 0.1) is 5.69 Å². The van der Waals surface area contributed by atoms with Gasteiger partial charge in [0.1, 0.15) is 5.82 Å². The first-order valence-corrected chi connectivity index (χ1v) is 10.1. The van der Waals surface area contributed by atoms with Crippen molar-refractivity contribution in [2.24, 2.45) is 0 Å². The van der Waals surface area contributed by atoms with Crippen LogP contribution in [0.5, 0.6) is 0 Å². The van der Waals surface area contributed by atoms with Crippen LogP contribution in [0.1, 0.15) is 36.8 Å². The smallest absolute Gasteiger partial charge is 0.225 e. The molecule has 1 saturated carbocycles. The largest absolute Gasteiger partial charge is 0.351 e. The van der Waals surface area contributed by atoms with Crippen LogP contribution in [-0.4, -0.2) is 21.0 Å². The third-order valence-corrected chi connectivity index (χ3v) is 5.36. The van der Waals surface area contributed by atoms with Crippen molar-refractivity contribution in [1.29, 1.82) is 0 Å². The molecule has 1 aliphatic carbocycles. The second kappa shape index (κ2) is 8.15. The third kappa shape index (κ3) is 4.25. The molecule has 2 aromatic heterocycles. The minimum absolute atomic E-state index is 0.444. The lowest BCUT2D eigenvalue weighted by atomic mass is 10.1. The predicted octanol–water partition coefficient (Wildman–Crippen LogP) is 5.91. The van der Waals surface area contributed by atoms with Gasteiger partial charge in [0, 0.05) is 40.8 Å². The molecule has 1 fully saturated rings. The second-order valence-corrected chi connectivity index (χ2v) is 7.80. The van der Waals surface area contributed by atoms with Crippen LogP contribution >= 0.6 is 11.6 Å². The van der Waals surface area contributed by atoms with Crippen LogP contribution in [0.2, 0.25) is 5.02 Å². The van der Waals surface area contributed by atoms with E-state index in [0.717, 1.165) is 38.9 Å². The van der Waals surface area contributed by atoms with Gasteiger partial charge in [-0.25, -0.2) is 4.98 Å². The normalized spacial score (nSPS) is 14.2. The van der Waals surface area contributed by atoms with E-state index in [2.05, 4.69) is 15.6 Å². The van der Waals surface area contributed by atoms with E-state index in [9.17, 15) is 0 Å². The SMILES string of the molecule is Cc1cc(Cl)cc(C)c1Nc1cc(-c2ccncc2)nc(NC2CCCC2)n1. The molecule has 28 heavy (non-hydrogen) atoms. The first-order valence-electron chi connectivity index (χ1n) is 9.68. The van der Waals surface area contributed by atoms with E-state index in [0.29, 0.717) is 12.0 Å². The van der Waals surface area contributed by atoms with Crippen molar-refractivity contribution >= 4 is 29.1 Å². The highest BCUT2D eigenvalue weighted by Crippen LogP contribution is 2.30. The van der Waals surface area contributed by atoms with Crippen LogP contribution in [0.3, 0.4) is 0 Å². The summed E-state index contributed by atoms with van der Waals surface area (Å²) in [6.07, 6.45) is 8.41. The molecule has 1 aromatic carbocycles. The number of nitrogens with zero attached hydrogens (tertiary/aromatic N) is 3. The molecule has 0 bridgehead atoms. The standard InChI is InChI=1S/C22H24ClN5/c1-14-11-17(23)12-15(2)21(14)27-20-13-19(16-7-9-24-10-8-16)26-22(28-20)25-18-5-3-4-6-18/h7-13,18H,3-6H2,1-2H3,(H2,25,26,27,28). The molecular weight excluding hydrogens is 370 g/mol. The van der Waals surface area contributed by atoms with E-state index in [-0.39, 0.29) is 0 Å². The molecule has 0 radical (unpaired) electrons. The van der Waals surface area contributed by atoms with E-state index in [1.165, 1.54) is 25.7 Å². The maximum atomic E-state index is 6.18. The molecule has 0 atom stereocenters. The monoisotopic (exact) mass is 393 g/mol. The van der Waals surface area contributed by atoms with Crippen LogP contribution < -0.4 is 10.6 Å². The summed E-state index contributed by atoms with van der Waals surface area (Å²) in [5.74, 6) is 1.42. The van der Waals surface area contributed by atoms with Gasteiger partial charge in [-0.1, -0.05) is 24.4 Å². The Morgan fingerprint density at radius 2 is 1.64 bits per heavy atom. The molecule has 144 valence electrons. The maximum Gasteiger partial charge on any atom is 0.225 e. The van der Waals surface area contributed by atoms with E-state index in [4.69, 9.17) is 21.6 Å². The number of aromatic nitrogens is 3. The van der Waals surface area contributed by atoms with E-state index in [1.54, 1.807) is 12.4 Å². The van der Waals surface area contributed by atoms with Crippen LogP contribution in [0.25, 0.3) is 11.3 Å². The summed E-state index contributed by atoms with van der Waals surface area (Å²) in [6, 6.07) is 10.3. The number of aryl methyl sites for hydroxylation is 2. The Kier molecular flexibility index (Phi) is 5.44. The second-order valence-electron chi connectivity index (χ2n) is 7.36. The summed E-state index contributed by atoms with van der Waals surface area (Å²) >= 11 is 6.18. The zero-order valence-electron chi connectivity index (χ0n) is 16.2. The predicted molar refractivity (Wildman–Crippen MR) is 115 cm³/mol. The Hall–Kier alpha value is -2.66. The molecule has 6 heteroatoms. The Labute approximate surface area is 170 Å². The molecule has 0 unspecified atom stereocenters. The first-order chi connectivity index (χ1) is 13.6. The number of hydrogen-bond acceptors (Lipinski definition) is 5. The lowest BCUT2D eigenvalue weighted by Crippen LogP contribution is -2.17. The number of benzene rings is 1. The average molecular weight is 394 g/mol. The Morgan fingerprint density at radius 1 is 0.964 bits per heavy atom. The summed E-state index contributed by atoms with van der Waals surface area (Å²) in [7, 11) is 0. The lowest BCUT2D eigenvalue weighted by Gasteiger charge is -2.17. The highest BCUT2D eigenvalue weighted by atomic mass is 35.5. The quantitative estimate of drug-likeness (QED) is 0.564. The van der Waals surface area contributed by atoms with Gasteiger partial charge >= 0.3 is 0 Å². The first kappa shape index (κ1) is 18.7. The summed E-state index contributed by atoms with van der Waals surface area (Å²) in [4.78, 5) is 13.6.